The van der Waals surface area contributed by atoms with E-state index >= 15 is 0 Å². The maximum Gasteiger partial charge on any atom is 0.329 e. The van der Waals surface area contributed by atoms with Crippen molar-refractivity contribution in [3.63, 3.8) is 0 Å². The first-order valence-electron chi connectivity index (χ1n) is 13.9. The molecule has 1 fully saturated rings. The fourth-order valence-corrected chi connectivity index (χ4v) is 5.76. The summed E-state index contributed by atoms with van der Waals surface area (Å²) in [6.45, 7) is 3.97. The first-order valence-corrected chi connectivity index (χ1v) is 13.9. The van der Waals surface area contributed by atoms with Gasteiger partial charge in [0.25, 0.3) is 0 Å². The van der Waals surface area contributed by atoms with Crippen molar-refractivity contribution < 1.29 is 4.39 Å². The maximum atomic E-state index is 13.6. The first kappa shape index (κ1) is 25.5. The van der Waals surface area contributed by atoms with Crippen LogP contribution in [0.1, 0.15) is 55.7 Å². The summed E-state index contributed by atoms with van der Waals surface area (Å²) < 4.78 is 17.2. The monoisotopic (exact) mass is 499 g/mol. The number of hydrogen-bond donors (Lipinski definition) is 0. The molecular weight excluding hydrogens is 461 g/mol. The Morgan fingerprint density at radius 3 is 1.97 bits per heavy atom. The number of rotatable bonds is 11. The molecule has 3 aromatic carbocycles. The van der Waals surface area contributed by atoms with Gasteiger partial charge in [0.05, 0.1) is 11.0 Å². The predicted molar refractivity (Wildman–Crippen MR) is 150 cm³/mol. The van der Waals surface area contributed by atoms with Gasteiger partial charge in [-0.25, -0.2) is 9.18 Å². The molecule has 0 N–H and O–H groups in total. The van der Waals surface area contributed by atoms with Crippen molar-refractivity contribution in [2.24, 2.45) is 0 Å². The van der Waals surface area contributed by atoms with E-state index in [0.29, 0.717) is 6.54 Å². The van der Waals surface area contributed by atoms with E-state index in [1.54, 1.807) is 0 Å². The van der Waals surface area contributed by atoms with Gasteiger partial charge in [-0.15, -0.1) is 0 Å². The highest BCUT2D eigenvalue weighted by Gasteiger charge is 2.24. The fourth-order valence-electron chi connectivity index (χ4n) is 5.76. The summed E-state index contributed by atoms with van der Waals surface area (Å²) in [5.74, 6) is -0.197. The Labute approximate surface area is 219 Å². The van der Waals surface area contributed by atoms with Crippen LogP contribution < -0.4 is 5.69 Å². The molecule has 5 rings (SSSR count). The third-order valence-electron chi connectivity index (χ3n) is 7.83. The van der Waals surface area contributed by atoms with Crippen LogP contribution in [0.2, 0.25) is 0 Å². The molecule has 1 aliphatic heterocycles. The molecule has 4 nitrogen and oxygen atoms in total. The quantitative estimate of drug-likeness (QED) is 0.217. The van der Waals surface area contributed by atoms with Gasteiger partial charge < -0.3 is 4.90 Å². The van der Waals surface area contributed by atoms with E-state index in [-0.39, 0.29) is 17.5 Å². The second-order valence-corrected chi connectivity index (χ2v) is 10.4. The summed E-state index contributed by atoms with van der Waals surface area (Å²) in [4.78, 5) is 16.2. The van der Waals surface area contributed by atoms with Crippen LogP contribution in [0.15, 0.2) is 83.7 Å². The summed E-state index contributed by atoms with van der Waals surface area (Å²) in [6, 6.07) is 26.0. The Balaban J connectivity index is 1.15. The van der Waals surface area contributed by atoms with Crippen molar-refractivity contribution in [2.45, 2.75) is 64.0 Å². The van der Waals surface area contributed by atoms with Gasteiger partial charge in [0.2, 0.25) is 0 Å². The molecule has 0 atom stereocenters. The standard InChI is InChI=1S/C32H38FN3O/c33-28-18-16-27(17-19-28)13-7-9-23-35-30-14-4-5-15-31(30)36(32(35)37)29-20-24-34(25-21-29)22-8-6-12-26-10-2-1-3-11-26/h1-5,10-11,14-19,29H,6-9,12-13,20-25H2. The van der Waals surface area contributed by atoms with Crippen LogP contribution in [0.5, 0.6) is 0 Å². The number of benzene rings is 3. The average Bonchev–Trinajstić information content (AvgIpc) is 3.22. The summed E-state index contributed by atoms with van der Waals surface area (Å²) in [5.41, 5.74) is 4.80. The summed E-state index contributed by atoms with van der Waals surface area (Å²) in [6.07, 6.45) is 8.43. The first-order chi connectivity index (χ1) is 18.2. The van der Waals surface area contributed by atoms with Gasteiger partial charge in [-0.2, -0.15) is 0 Å². The van der Waals surface area contributed by atoms with Crippen LogP contribution in [0, 0.1) is 5.82 Å². The number of hydrogen-bond acceptors (Lipinski definition) is 2. The third-order valence-corrected chi connectivity index (χ3v) is 7.83. The zero-order chi connectivity index (χ0) is 25.5. The van der Waals surface area contributed by atoms with Gasteiger partial charge in [0.15, 0.2) is 0 Å². The number of likely N-dealkylation sites (tertiary alicyclic amines) is 1. The van der Waals surface area contributed by atoms with E-state index in [1.165, 1.54) is 30.5 Å². The van der Waals surface area contributed by atoms with Crippen molar-refractivity contribution >= 4 is 11.0 Å². The summed E-state index contributed by atoms with van der Waals surface area (Å²) in [7, 11) is 0. The largest absolute Gasteiger partial charge is 0.329 e. The number of imidazole rings is 1. The molecule has 1 aromatic heterocycles. The minimum Gasteiger partial charge on any atom is -0.303 e. The SMILES string of the molecule is O=c1n(CCCCc2ccc(F)cc2)c2ccccc2n1C1CCN(CCCCc2ccccc2)CC1. The second kappa shape index (κ2) is 12.4. The van der Waals surface area contributed by atoms with E-state index in [0.717, 1.165) is 74.8 Å². The highest BCUT2D eigenvalue weighted by Crippen LogP contribution is 2.26. The Kier molecular flexibility index (Phi) is 8.52. The molecule has 0 amide bonds. The number of para-hydroxylation sites is 2. The zero-order valence-electron chi connectivity index (χ0n) is 21.7. The molecule has 1 saturated heterocycles. The van der Waals surface area contributed by atoms with E-state index in [1.807, 2.05) is 28.8 Å². The van der Waals surface area contributed by atoms with Gasteiger partial charge in [-0.1, -0.05) is 54.6 Å². The lowest BCUT2D eigenvalue weighted by molar-refractivity contribution is 0.183. The number of unbranched alkanes of at least 4 members (excludes halogenated alkanes) is 2. The third kappa shape index (κ3) is 6.40. The van der Waals surface area contributed by atoms with Gasteiger partial charge in [-0.3, -0.25) is 9.13 Å². The zero-order valence-corrected chi connectivity index (χ0v) is 21.7. The van der Waals surface area contributed by atoms with E-state index in [2.05, 4.69) is 51.9 Å². The van der Waals surface area contributed by atoms with Gasteiger partial charge >= 0.3 is 5.69 Å². The molecule has 2 heterocycles. The molecule has 0 saturated carbocycles. The number of aryl methyl sites for hydroxylation is 3. The number of piperidine rings is 1. The molecule has 4 aromatic rings. The molecule has 0 bridgehead atoms. The van der Waals surface area contributed by atoms with Crippen molar-refractivity contribution in [1.29, 1.82) is 0 Å². The van der Waals surface area contributed by atoms with Crippen LogP contribution in [-0.2, 0) is 19.4 Å². The average molecular weight is 500 g/mol. The van der Waals surface area contributed by atoms with E-state index in [9.17, 15) is 9.18 Å². The smallest absolute Gasteiger partial charge is 0.303 e. The van der Waals surface area contributed by atoms with Crippen LogP contribution in [0.4, 0.5) is 4.39 Å². The normalized spacial score (nSPS) is 14.9. The molecule has 0 radical (unpaired) electrons. The lowest BCUT2D eigenvalue weighted by atomic mass is 10.0. The lowest BCUT2D eigenvalue weighted by Gasteiger charge is -2.32. The van der Waals surface area contributed by atoms with Crippen molar-refractivity contribution in [2.75, 3.05) is 19.6 Å². The second-order valence-electron chi connectivity index (χ2n) is 10.4. The highest BCUT2D eigenvalue weighted by atomic mass is 19.1. The Bertz CT molecular complexity index is 1320. The van der Waals surface area contributed by atoms with Crippen LogP contribution >= 0.6 is 0 Å². The molecule has 1 aliphatic rings. The number of aromatic nitrogens is 2. The number of halogens is 1. The van der Waals surface area contributed by atoms with Crippen LogP contribution in [-0.4, -0.2) is 33.7 Å². The van der Waals surface area contributed by atoms with Crippen molar-refractivity contribution in [1.82, 2.24) is 14.0 Å². The molecule has 0 unspecified atom stereocenters. The summed E-state index contributed by atoms with van der Waals surface area (Å²) >= 11 is 0. The molecule has 0 spiro atoms. The lowest BCUT2D eigenvalue weighted by Crippen LogP contribution is -2.38. The minimum absolute atomic E-state index is 0.129. The fraction of sp³-hybridized carbons (Fsp3) is 0.406. The Hall–Kier alpha value is -3.18. The van der Waals surface area contributed by atoms with Crippen LogP contribution in [0.25, 0.3) is 11.0 Å². The topological polar surface area (TPSA) is 30.2 Å². The molecule has 194 valence electrons. The highest BCUT2D eigenvalue weighted by molar-refractivity contribution is 5.76. The van der Waals surface area contributed by atoms with Gasteiger partial charge in [-0.05, 0) is 93.3 Å². The van der Waals surface area contributed by atoms with Crippen LogP contribution in [0.3, 0.4) is 0 Å². The number of fused-ring (bicyclic) bond motifs is 1. The van der Waals surface area contributed by atoms with Crippen molar-refractivity contribution in [3.05, 3.63) is 106 Å². The minimum atomic E-state index is -0.197. The maximum absolute atomic E-state index is 13.6. The summed E-state index contributed by atoms with van der Waals surface area (Å²) in [5, 5.41) is 0. The van der Waals surface area contributed by atoms with E-state index < -0.39 is 0 Å². The molecule has 5 heteroatoms. The molecule has 37 heavy (non-hydrogen) atoms. The Morgan fingerprint density at radius 1 is 0.676 bits per heavy atom. The predicted octanol–water partition coefficient (Wildman–Crippen LogP) is 6.62. The van der Waals surface area contributed by atoms with E-state index in [4.69, 9.17) is 0 Å². The Morgan fingerprint density at radius 2 is 1.27 bits per heavy atom. The molecular formula is C32H38FN3O. The number of nitrogens with zero attached hydrogens (tertiary/aromatic N) is 3. The molecule has 0 aliphatic carbocycles. The van der Waals surface area contributed by atoms with Gasteiger partial charge in [0, 0.05) is 25.7 Å². The van der Waals surface area contributed by atoms with Crippen molar-refractivity contribution in [3.8, 4) is 0 Å². The van der Waals surface area contributed by atoms with Gasteiger partial charge in [0.1, 0.15) is 5.82 Å².